The van der Waals surface area contributed by atoms with Crippen molar-refractivity contribution in [3.63, 3.8) is 0 Å². The second kappa shape index (κ2) is 5.27. The summed E-state index contributed by atoms with van der Waals surface area (Å²) in [7, 11) is 0. The van der Waals surface area contributed by atoms with Gasteiger partial charge in [0.2, 0.25) is 0 Å². The van der Waals surface area contributed by atoms with Gasteiger partial charge in [0, 0.05) is 18.9 Å². The van der Waals surface area contributed by atoms with Crippen molar-refractivity contribution in [3.05, 3.63) is 35.8 Å². The summed E-state index contributed by atoms with van der Waals surface area (Å²) in [4.78, 5) is 17.7. The maximum atomic E-state index is 12.1. The molecule has 4 nitrogen and oxygen atoms in total. The predicted octanol–water partition coefficient (Wildman–Crippen LogP) is 1.80. The van der Waals surface area contributed by atoms with E-state index in [-0.39, 0.29) is 5.91 Å². The van der Waals surface area contributed by atoms with Gasteiger partial charge in [-0.2, -0.15) is 0 Å². The number of nitrogens with one attached hydrogen (secondary N) is 1. The highest BCUT2D eigenvalue weighted by Gasteiger charge is 2.30. The third-order valence-corrected chi connectivity index (χ3v) is 2.85. The zero-order chi connectivity index (χ0) is 13.1. The molecule has 0 saturated carbocycles. The maximum absolute atomic E-state index is 12.1. The number of thiocarbonyl (C=S) groups is 1. The summed E-state index contributed by atoms with van der Waals surface area (Å²) in [5.74, 6) is 0.319. The minimum Gasteiger partial charge on any atom is -0.328 e. The van der Waals surface area contributed by atoms with Crippen LogP contribution in [0.5, 0.6) is 0 Å². The number of aromatic nitrogens is 1. The quantitative estimate of drug-likeness (QED) is 0.665. The molecule has 1 aromatic heterocycles. The first-order valence-electron chi connectivity index (χ1n) is 5.82. The fourth-order valence-electron chi connectivity index (χ4n) is 1.73. The van der Waals surface area contributed by atoms with Crippen molar-refractivity contribution < 1.29 is 4.79 Å². The number of nitrogens with zero attached hydrogens (tertiary/aromatic N) is 2. The third-order valence-electron chi connectivity index (χ3n) is 2.53. The molecule has 1 aliphatic heterocycles. The topological polar surface area (TPSA) is 45.2 Å². The fourth-order valence-corrected chi connectivity index (χ4v) is 2.00. The summed E-state index contributed by atoms with van der Waals surface area (Å²) in [6.45, 7) is 4.75. The largest absolute Gasteiger partial charge is 0.328 e. The molecule has 0 radical (unpaired) electrons. The minimum absolute atomic E-state index is 0.0643. The van der Waals surface area contributed by atoms with E-state index in [1.165, 1.54) is 0 Å². The van der Waals surface area contributed by atoms with Crippen molar-refractivity contribution in [1.82, 2.24) is 15.2 Å². The monoisotopic (exact) mass is 261 g/mol. The fraction of sp³-hybridized carbons (Fsp3) is 0.308. The van der Waals surface area contributed by atoms with Gasteiger partial charge in [0.1, 0.15) is 5.70 Å². The van der Waals surface area contributed by atoms with Crippen LogP contribution in [-0.4, -0.2) is 27.4 Å². The van der Waals surface area contributed by atoms with Crippen LogP contribution in [-0.2, 0) is 4.79 Å². The summed E-state index contributed by atoms with van der Waals surface area (Å²) in [6, 6.07) is 3.69. The van der Waals surface area contributed by atoms with Crippen LogP contribution in [0.3, 0.4) is 0 Å². The van der Waals surface area contributed by atoms with Crippen molar-refractivity contribution in [3.8, 4) is 0 Å². The first-order chi connectivity index (χ1) is 8.58. The maximum Gasteiger partial charge on any atom is 0.276 e. The molecule has 0 aromatic carbocycles. The molecule has 1 aromatic rings. The average Bonchev–Trinajstić information content (AvgIpc) is 2.58. The Balaban J connectivity index is 2.20. The van der Waals surface area contributed by atoms with Crippen molar-refractivity contribution in [2.45, 2.75) is 13.8 Å². The van der Waals surface area contributed by atoms with Gasteiger partial charge in [-0.15, -0.1) is 0 Å². The van der Waals surface area contributed by atoms with Crippen LogP contribution in [0.2, 0.25) is 0 Å². The number of carbonyl (C=O) groups excluding carboxylic acids is 1. The van der Waals surface area contributed by atoms with Gasteiger partial charge in [-0.1, -0.05) is 13.8 Å². The zero-order valence-electron chi connectivity index (χ0n) is 10.4. The Labute approximate surface area is 112 Å². The van der Waals surface area contributed by atoms with E-state index in [1.807, 2.05) is 12.1 Å². The Morgan fingerprint density at radius 1 is 1.44 bits per heavy atom. The van der Waals surface area contributed by atoms with Crippen LogP contribution in [0.4, 0.5) is 0 Å². The highest BCUT2D eigenvalue weighted by Crippen LogP contribution is 2.15. The first kappa shape index (κ1) is 12.7. The van der Waals surface area contributed by atoms with E-state index in [4.69, 9.17) is 12.2 Å². The molecular formula is C13H15N3OS. The van der Waals surface area contributed by atoms with Crippen LogP contribution in [0.25, 0.3) is 6.08 Å². The smallest absolute Gasteiger partial charge is 0.276 e. The second-order valence-electron chi connectivity index (χ2n) is 4.58. The lowest BCUT2D eigenvalue weighted by molar-refractivity contribution is -0.122. The molecule has 1 N–H and O–H groups in total. The summed E-state index contributed by atoms with van der Waals surface area (Å²) in [6.07, 6.45) is 5.17. The molecule has 0 unspecified atom stereocenters. The van der Waals surface area contributed by atoms with Crippen LogP contribution in [0.1, 0.15) is 19.4 Å². The lowest BCUT2D eigenvalue weighted by atomic mass is 10.2. The highest BCUT2D eigenvalue weighted by molar-refractivity contribution is 7.80. The molecular weight excluding hydrogens is 246 g/mol. The number of carbonyl (C=O) groups is 1. The Hall–Kier alpha value is -1.75. The molecule has 1 saturated heterocycles. The van der Waals surface area contributed by atoms with E-state index in [0.717, 1.165) is 5.56 Å². The molecule has 0 atom stereocenters. The van der Waals surface area contributed by atoms with Gasteiger partial charge in [-0.25, -0.2) is 0 Å². The number of pyridine rings is 1. The summed E-state index contributed by atoms with van der Waals surface area (Å²) >= 11 is 5.17. The van der Waals surface area contributed by atoms with E-state index in [1.54, 1.807) is 23.4 Å². The lowest BCUT2D eigenvalue weighted by Crippen LogP contribution is -2.33. The highest BCUT2D eigenvalue weighted by atomic mass is 32.1. The summed E-state index contributed by atoms with van der Waals surface area (Å²) in [5.41, 5.74) is 1.45. The van der Waals surface area contributed by atoms with Crippen molar-refractivity contribution in [2.24, 2.45) is 5.92 Å². The van der Waals surface area contributed by atoms with Crippen molar-refractivity contribution >= 4 is 29.3 Å². The second-order valence-corrected chi connectivity index (χ2v) is 4.97. The first-order valence-corrected chi connectivity index (χ1v) is 6.23. The number of rotatable bonds is 3. The van der Waals surface area contributed by atoms with Gasteiger partial charge in [0.25, 0.3) is 5.91 Å². The molecule has 2 rings (SSSR count). The van der Waals surface area contributed by atoms with Gasteiger partial charge in [0.05, 0.1) is 0 Å². The summed E-state index contributed by atoms with van der Waals surface area (Å²) in [5, 5.41) is 3.44. The van der Waals surface area contributed by atoms with E-state index in [0.29, 0.717) is 23.3 Å². The van der Waals surface area contributed by atoms with Gasteiger partial charge >= 0.3 is 0 Å². The minimum atomic E-state index is -0.0643. The van der Waals surface area contributed by atoms with Gasteiger partial charge in [-0.3, -0.25) is 14.7 Å². The molecule has 0 aliphatic carbocycles. The third kappa shape index (κ3) is 2.73. The molecule has 2 heterocycles. The van der Waals surface area contributed by atoms with Gasteiger partial charge in [-0.05, 0) is 41.9 Å². The van der Waals surface area contributed by atoms with Crippen LogP contribution in [0.15, 0.2) is 30.2 Å². The van der Waals surface area contributed by atoms with E-state index < -0.39 is 0 Å². The standard InChI is InChI=1S/C13H15N3OS/c1-9(2)8-16-12(17)11(15-13(16)18)7-10-3-5-14-6-4-10/h3-7,9H,8H2,1-2H3,(H,15,18)/b11-7+. The normalized spacial score (nSPS) is 17.7. The Bertz CT molecular complexity index is 496. The van der Waals surface area contributed by atoms with E-state index in [9.17, 15) is 4.79 Å². The predicted molar refractivity (Wildman–Crippen MR) is 74.5 cm³/mol. The molecule has 1 amide bonds. The van der Waals surface area contributed by atoms with Crippen LogP contribution in [0, 0.1) is 5.92 Å². The lowest BCUT2D eigenvalue weighted by Gasteiger charge is -2.15. The molecule has 18 heavy (non-hydrogen) atoms. The average molecular weight is 261 g/mol. The summed E-state index contributed by atoms with van der Waals surface area (Å²) < 4.78 is 0. The number of hydrogen-bond acceptors (Lipinski definition) is 3. The van der Waals surface area contributed by atoms with E-state index in [2.05, 4.69) is 24.1 Å². The Kier molecular flexibility index (Phi) is 3.72. The zero-order valence-corrected chi connectivity index (χ0v) is 11.2. The van der Waals surface area contributed by atoms with E-state index >= 15 is 0 Å². The van der Waals surface area contributed by atoms with Crippen molar-refractivity contribution in [2.75, 3.05) is 6.54 Å². The number of amides is 1. The van der Waals surface area contributed by atoms with Crippen LogP contribution < -0.4 is 5.32 Å². The Morgan fingerprint density at radius 3 is 2.72 bits per heavy atom. The van der Waals surface area contributed by atoms with Gasteiger partial charge < -0.3 is 5.32 Å². The molecule has 1 fully saturated rings. The Morgan fingerprint density at radius 2 is 2.11 bits per heavy atom. The SMILES string of the molecule is CC(C)CN1C(=O)/C(=C\c2ccncc2)NC1=S. The number of hydrogen-bond donors (Lipinski definition) is 1. The van der Waals surface area contributed by atoms with Crippen molar-refractivity contribution in [1.29, 1.82) is 0 Å². The molecule has 0 bridgehead atoms. The molecule has 1 aliphatic rings. The van der Waals surface area contributed by atoms with Crippen LogP contribution >= 0.6 is 12.2 Å². The molecule has 0 spiro atoms. The molecule has 5 heteroatoms. The molecule has 94 valence electrons. The van der Waals surface area contributed by atoms with Gasteiger partial charge in [0.15, 0.2) is 5.11 Å².